The van der Waals surface area contributed by atoms with Crippen LogP contribution in [0.2, 0.25) is 0 Å². The topological polar surface area (TPSA) is 55.4 Å². The molecule has 0 spiro atoms. The summed E-state index contributed by atoms with van der Waals surface area (Å²) in [5.41, 5.74) is 0.939. The normalized spacial score (nSPS) is 15.2. The van der Waals surface area contributed by atoms with E-state index in [4.69, 9.17) is 4.74 Å². The molecule has 1 aliphatic rings. The van der Waals surface area contributed by atoms with Gasteiger partial charge in [0.2, 0.25) is 5.91 Å². The van der Waals surface area contributed by atoms with E-state index in [2.05, 4.69) is 5.32 Å². The number of carbonyl (C=O) groups is 2. The van der Waals surface area contributed by atoms with Crippen LogP contribution in [0.5, 0.6) is 5.75 Å². The van der Waals surface area contributed by atoms with Crippen LogP contribution >= 0.6 is 0 Å². The van der Waals surface area contributed by atoms with Crippen LogP contribution in [0.25, 0.3) is 0 Å². The highest BCUT2D eigenvalue weighted by Gasteiger charge is 2.32. The SMILES string of the molecule is COc1ccccc1CNC(=O)C1CC(=O)C1. The average Bonchev–Trinajstić information content (AvgIpc) is 2.32. The van der Waals surface area contributed by atoms with E-state index in [1.807, 2.05) is 24.3 Å². The fraction of sp³-hybridized carbons (Fsp3) is 0.385. The molecule has 90 valence electrons. The zero-order valence-corrected chi connectivity index (χ0v) is 9.73. The Labute approximate surface area is 100.0 Å². The lowest BCUT2D eigenvalue weighted by Gasteiger charge is -2.23. The summed E-state index contributed by atoms with van der Waals surface area (Å²) in [4.78, 5) is 22.4. The minimum absolute atomic E-state index is 0.0458. The van der Waals surface area contributed by atoms with Crippen LogP contribution in [0.15, 0.2) is 24.3 Å². The molecule has 0 saturated heterocycles. The van der Waals surface area contributed by atoms with Crippen LogP contribution in [-0.2, 0) is 16.1 Å². The van der Waals surface area contributed by atoms with Gasteiger partial charge in [-0.2, -0.15) is 0 Å². The molecule has 2 rings (SSSR count). The second-order valence-corrected chi connectivity index (χ2v) is 4.17. The standard InChI is InChI=1S/C13H15NO3/c1-17-12-5-3-2-4-9(12)8-14-13(16)10-6-11(15)7-10/h2-5,10H,6-8H2,1H3,(H,14,16). The third-order valence-electron chi connectivity index (χ3n) is 2.96. The summed E-state index contributed by atoms with van der Waals surface area (Å²) in [5, 5.41) is 2.82. The number of carbonyl (C=O) groups excluding carboxylic acids is 2. The van der Waals surface area contributed by atoms with Crippen LogP contribution in [0, 0.1) is 5.92 Å². The third kappa shape index (κ3) is 2.64. The van der Waals surface area contributed by atoms with Gasteiger partial charge in [-0.25, -0.2) is 0 Å². The molecule has 0 radical (unpaired) electrons. The van der Waals surface area contributed by atoms with Crippen LogP contribution in [0.4, 0.5) is 0 Å². The summed E-state index contributed by atoms with van der Waals surface area (Å²) in [6.45, 7) is 0.438. The maximum Gasteiger partial charge on any atom is 0.224 e. The molecule has 4 nitrogen and oxygen atoms in total. The van der Waals surface area contributed by atoms with Gasteiger partial charge in [-0.05, 0) is 6.07 Å². The molecular weight excluding hydrogens is 218 g/mol. The Morgan fingerprint density at radius 1 is 1.41 bits per heavy atom. The fourth-order valence-electron chi connectivity index (χ4n) is 1.85. The molecule has 4 heteroatoms. The fourth-order valence-corrected chi connectivity index (χ4v) is 1.85. The van der Waals surface area contributed by atoms with Crippen molar-refractivity contribution in [2.45, 2.75) is 19.4 Å². The minimum Gasteiger partial charge on any atom is -0.496 e. The predicted octanol–water partition coefficient (Wildman–Crippen LogP) is 1.29. The Morgan fingerprint density at radius 3 is 2.76 bits per heavy atom. The van der Waals surface area contributed by atoms with Gasteiger partial charge in [0.15, 0.2) is 0 Å². The summed E-state index contributed by atoms with van der Waals surface area (Å²) in [6.07, 6.45) is 0.773. The molecule has 1 aliphatic carbocycles. The average molecular weight is 233 g/mol. The Hall–Kier alpha value is -1.84. The van der Waals surface area contributed by atoms with E-state index >= 15 is 0 Å². The summed E-state index contributed by atoms with van der Waals surface area (Å²) >= 11 is 0. The van der Waals surface area contributed by atoms with E-state index in [0.29, 0.717) is 19.4 Å². The zero-order chi connectivity index (χ0) is 12.3. The Balaban J connectivity index is 1.89. The second kappa shape index (κ2) is 4.99. The first-order chi connectivity index (χ1) is 8.20. The molecule has 0 atom stereocenters. The minimum atomic E-state index is -0.128. The first-order valence-corrected chi connectivity index (χ1v) is 5.62. The molecule has 17 heavy (non-hydrogen) atoms. The number of hydrogen-bond donors (Lipinski definition) is 1. The Morgan fingerprint density at radius 2 is 2.12 bits per heavy atom. The second-order valence-electron chi connectivity index (χ2n) is 4.17. The van der Waals surface area contributed by atoms with Gasteiger partial charge in [0, 0.05) is 24.9 Å². The molecule has 0 aliphatic heterocycles. The smallest absolute Gasteiger partial charge is 0.224 e. The molecule has 0 aromatic heterocycles. The predicted molar refractivity (Wildman–Crippen MR) is 62.6 cm³/mol. The van der Waals surface area contributed by atoms with Crippen molar-refractivity contribution >= 4 is 11.7 Å². The molecule has 1 fully saturated rings. The van der Waals surface area contributed by atoms with Crippen molar-refractivity contribution in [2.75, 3.05) is 7.11 Å². The molecular formula is C13H15NO3. The van der Waals surface area contributed by atoms with Gasteiger partial charge >= 0.3 is 0 Å². The van der Waals surface area contributed by atoms with Gasteiger partial charge in [0.05, 0.1) is 13.0 Å². The number of amides is 1. The van der Waals surface area contributed by atoms with E-state index in [1.165, 1.54) is 0 Å². The van der Waals surface area contributed by atoms with Gasteiger partial charge in [-0.3, -0.25) is 9.59 Å². The molecule has 1 aromatic carbocycles. The van der Waals surface area contributed by atoms with Crippen molar-refractivity contribution in [2.24, 2.45) is 5.92 Å². The molecule has 0 unspecified atom stereocenters. The Bertz CT molecular complexity index is 434. The lowest BCUT2D eigenvalue weighted by molar-refractivity contribution is -0.138. The first kappa shape index (κ1) is 11.6. The number of nitrogens with one attached hydrogen (secondary N) is 1. The van der Waals surface area contributed by atoms with Crippen molar-refractivity contribution in [1.29, 1.82) is 0 Å². The quantitative estimate of drug-likeness (QED) is 0.852. The number of methoxy groups -OCH3 is 1. The molecule has 1 amide bonds. The highest BCUT2D eigenvalue weighted by atomic mass is 16.5. The van der Waals surface area contributed by atoms with Gasteiger partial charge in [-0.1, -0.05) is 18.2 Å². The number of benzene rings is 1. The van der Waals surface area contributed by atoms with Crippen molar-refractivity contribution in [1.82, 2.24) is 5.32 Å². The van der Waals surface area contributed by atoms with Crippen molar-refractivity contribution in [3.8, 4) is 5.75 Å². The molecule has 1 N–H and O–H groups in total. The summed E-state index contributed by atoms with van der Waals surface area (Å²) in [5.74, 6) is 0.757. The summed E-state index contributed by atoms with van der Waals surface area (Å²) < 4.78 is 5.19. The van der Waals surface area contributed by atoms with Crippen LogP contribution in [0.1, 0.15) is 18.4 Å². The van der Waals surface area contributed by atoms with Crippen LogP contribution < -0.4 is 10.1 Å². The van der Waals surface area contributed by atoms with E-state index < -0.39 is 0 Å². The van der Waals surface area contributed by atoms with Gasteiger partial charge in [0.1, 0.15) is 11.5 Å². The molecule has 1 aromatic rings. The van der Waals surface area contributed by atoms with E-state index in [-0.39, 0.29) is 17.6 Å². The first-order valence-electron chi connectivity index (χ1n) is 5.62. The zero-order valence-electron chi connectivity index (χ0n) is 9.73. The highest BCUT2D eigenvalue weighted by Crippen LogP contribution is 2.23. The maximum absolute atomic E-state index is 11.6. The summed E-state index contributed by atoms with van der Waals surface area (Å²) in [6, 6.07) is 7.55. The molecule has 0 heterocycles. The number of para-hydroxylation sites is 1. The van der Waals surface area contributed by atoms with Gasteiger partial charge in [-0.15, -0.1) is 0 Å². The van der Waals surface area contributed by atoms with Crippen molar-refractivity contribution < 1.29 is 14.3 Å². The van der Waals surface area contributed by atoms with Crippen molar-refractivity contribution in [3.63, 3.8) is 0 Å². The number of ketones is 1. The number of Topliss-reactive ketones (excluding diaryl/α,β-unsaturated/α-hetero) is 1. The van der Waals surface area contributed by atoms with Gasteiger partial charge in [0.25, 0.3) is 0 Å². The summed E-state index contributed by atoms with van der Waals surface area (Å²) in [7, 11) is 1.60. The van der Waals surface area contributed by atoms with Gasteiger partial charge < -0.3 is 10.1 Å². The monoisotopic (exact) mass is 233 g/mol. The van der Waals surface area contributed by atoms with E-state index in [1.54, 1.807) is 7.11 Å². The van der Waals surface area contributed by atoms with Crippen LogP contribution in [-0.4, -0.2) is 18.8 Å². The number of ether oxygens (including phenoxy) is 1. The van der Waals surface area contributed by atoms with Crippen LogP contribution in [0.3, 0.4) is 0 Å². The largest absolute Gasteiger partial charge is 0.496 e. The van der Waals surface area contributed by atoms with E-state index in [9.17, 15) is 9.59 Å². The lowest BCUT2D eigenvalue weighted by atomic mass is 9.83. The lowest BCUT2D eigenvalue weighted by Crippen LogP contribution is -2.38. The number of hydrogen-bond acceptors (Lipinski definition) is 3. The molecule has 1 saturated carbocycles. The third-order valence-corrected chi connectivity index (χ3v) is 2.96. The highest BCUT2D eigenvalue weighted by molar-refractivity contribution is 5.96. The maximum atomic E-state index is 11.6. The van der Waals surface area contributed by atoms with Crippen molar-refractivity contribution in [3.05, 3.63) is 29.8 Å². The number of rotatable bonds is 4. The molecule has 0 bridgehead atoms. The van der Waals surface area contributed by atoms with E-state index in [0.717, 1.165) is 11.3 Å². The Kier molecular flexibility index (Phi) is 3.42.